The molecule has 0 radical (unpaired) electrons. The Bertz CT molecular complexity index is 1730. The number of hydrogen-bond acceptors (Lipinski definition) is 25. The molecule has 0 aliphatic carbocycles. The fourth-order valence-electron chi connectivity index (χ4n) is 5.21. The number of carbonyl (C=O) groups is 1. The Labute approximate surface area is 300 Å². The number of aliphatic hydroxyl groups is 8. The molecule has 28 nitrogen and oxygen atoms in total. The van der Waals surface area contributed by atoms with Gasteiger partial charge in [0.05, 0.1) is 19.8 Å². The number of ether oxygens (including phenoxy) is 3. The van der Waals surface area contributed by atoms with Gasteiger partial charge in [0, 0.05) is 19.2 Å². The third-order valence-corrected chi connectivity index (χ3v) is 11.3. The first-order valence-corrected chi connectivity index (χ1v) is 19.6. The number of hydrogen-bond donors (Lipinski definition) is 10. The second kappa shape index (κ2) is 17.7. The van der Waals surface area contributed by atoms with E-state index in [1.165, 1.54) is 0 Å². The van der Waals surface area contributed by atoms with Crippen LogP contribution in [-0.2, 0) is 55.1 Å². The molecule has 1 aromatic rings. The summed E-state index contributed by atoms with van der Waals surface area (Å²) in [4.78, 5) is 74.6. The predicted molar refractivity (Wildman–Crippen MR) is 157 cm³/mol. The number of amides is 1. The van der Waals surface area contributed by atoms with Crippen molar-refractivity contribution in [3.63, 3.8) is 0 Å². The fraction of sp³-hybridized carbons (Fsp3) is 0.783. The molecular formula is C23H35N3O25P3-3. The molecule has 10 N–H and O–H groups in total. The molecular weight excluding hydrogens is 811 g/mol. The lowest BCUT2D eigenvalue weighted by molar-refractivity contribution is -0.309. The number of nitrogens with one attached hydrogen (secondary N) is 2. The Morgan fingerprint density at radius 1 is 0.778 bits per heavy atom. The van der Waals surface area contributed by atoms with Crippen LogP contribution in [0.5, 0.6) is 0 Å². The molecule has 31 heteroatoms. The molecule has 310 valence electrons. The Morgan fingerprint density at radius 2 is 1.31 bits per heavy atom. The molecule has 3 aliphatic rings. The van der Waals surface area contributed by atoms with Crippen molar-refractivity contribution in [2.45, 2.75) is 92.8 Å². The van der Waals surface area contributed by atoms with E-state index in [1.807, 2.05) is 10.3 Å². The van der Waals surface area contributed by atoms with Crippen molar-refractivity contribution >= 4 is 29.4 Å². The quantitative estimate of drug-likeness (QED) is 0.0733. The average Bonchev–Trinajstić information content (AvgIpc) is 3.34. The van der Waals surface area contributed by atoms with Crippen LogP contribution < -0.4 is 31.2 Å². The number of phosphoric ester groups is 3. The Hall–Kier alpha value is -1.92. The normalized spacial score (nSPS) is 39.3. The third kappa shape index (κ3) is 10.9. The zero-order valence-electron chi connectivity index (χ0n) is 27.2. The zero-order valence-corrected chi connectivity index (χ0v) is 29.8. The zero-order chi connectivity index (χ0) is 40.5. The Kier molecular flexibility index (Phi) is 14.7. The van der Waals surface area contributed by atoms with Crippen LogP contribution >= 0.6 is 23.5 Å². The summed E-state index contributed by atoms with van der Waals surface area (Å²) >= 11 is 0. The largest absolute Gasteiger partial charge is 0.756 e. The van der Waals surface area contributed by atoms with Gasteiger partial charge in [0.15, 0.2) is 18.8 Å². The molecule has 0 bridgehead atoms. The topological polar surface area (TPSA) is 440 Å². The maximum absolute atomic E-state index is 12.7. The maximum atomic E-state index is 12.7. The van der Waals surface area contributed by atoms with Crippen LogP contribution in [-0.4, -0.2) is 156 Å². The minimum atomic E-state index is -6.24. The summed E-state index contributed by atoms with van der Waals surface area (Å²) in [6.07, 6.45) is -25.5. The SMILES string of the molecule is CC(=O)N[C@H]1[C@@H](OP(=O)([O-])OP(=O)([O-])OC[C@H]2O[C@@H](n3ccc(=O)[nH]c3=O)[C@H](O)[C@@H]2O)O[C@H](COP(=O)([O-])O[C@H]2O[C@H](CO)[C@H](O)[C@H](O)[C@H]2O)[C@@H](O)[C@@H]1O. The molecule has 17 atom stereocenters. The van der Waals surface area contributed by atoms with Crippen LogP contribution in [0.1, 0.15) is 13.2 Å². The van der Waals surface area contributed by atoms with Crippen LogP contribution in [0.2, 0.25) is 0 Å². The van der Waals surface area contributed by atoms with Gasteiger partial charge in [-0.2, -0.15) is 0 Å². The van der Waals surface area contributed by atoms with E-state index >= 15 is 0 Å². The smallest absolute Gasteiger partial charge is 0.330 e. The highest BCUT2D eigenvalue weighted by atomic mass is 31.3. The van der Waals surface area contributed by atoms with Gasteiger partial charge in [0.25, 0.3) is 29.0 Å². The highest BCUT2D eigenvalue weighted by Gasteiger charge is 2.49. The van der Waals surface area contributed by atoms with Crippen molar-refractivity contribution in [3.05, 3.63) is 33.1 Å². The minimum absolute atomic E-state index is 0.643. The van der Waals surface area contributed by atoms with Gasteiger partial charge < -0.3 is 84.1 Å². The number of rotatable bonds is 15. The number of aliphatic hydroxyl groups excluding tert-OH is 8. The second-order valence-corrected chi connectivity index (χ2v) is 16.0. The van der Waals surface area contributed by atoms with Crippen LogP contribution in [0.3, 0.4) is 0 Å². The van der Waals surface area contributed by atoms with Gasteiger partial charge in [-0.25, -0.2) is 9.11 Å². The van der Waals surface area contributed by atoms with Crippen molar-refractivity contribution in [2.75, 3.05) is 19.8 Å². The first-order valence-electron chi connectivity index (χ1n) is 15.2. The number of carbonyl (C=O) groups excluding carboxylic acids is 1. The summed E-state index contributed by atoms with van der Waals surface area (Å²) in [5.74, 6) is -0.991. The van der Waals surface area contributed by atoms with Gasteiger partial charge in [-0.1, -0.05) is 0 Å². The Morgan fingerprint density at radius 3 is 1.91 bits per heavy atom. The lowest BCUT2D eigenvalue weighted by Gasteiger charge is -2.45. The van der Waals surface area contributed by atoms with Crippen molar-refractivity contribution in [1.82, 2.24) is 14.9 Å². The van der Waals surface area contributed by atoms with E-state index in [1.54, 1.807) is 0 Å². The van der Waals surface area contributed by atoms with E-state index in [4.69, 9.17) is 14.2 Å². The lowest BCUT2D eigenvalue weighted by Crippen LogP contribution is -2.64. The number of H-pyrrole nitrogens is 1. The summed E-state index contributed by atoms with van der Waals surface area (Å²) in [5, 5.41) is 82.6. The van der Waals surface area contributed by atoms with Crippen molar-refractivity contribution in [2.24, 2.45) is 0 Å². The molecule has 3 fully saturated rings. The molecule has 1 amide bonds. The summed E-state index contributed by atoms with van der Waals surface area (Å²) in [6, 6.07) is -1.17. The van der Waals surface area contributed by atoms with Gasteiger partial charge >= 0.3 is 5.69 Å². The average molecular weight is 846 g/mol. The van der Waals surface area contributed by atoms with Crippen molar-refractivity contribution in [1.29, 1.82) is 0 Å². The lowest BCUT2D eigenvalue weighted by atomic mass is 9.97. The molecule has 4 rings (SSSR count). The third-order valence-electron chi connectivity index (χ3n) is 7.84. The molecule has 4 heterocycles. The maximum Gasteiger partial charge on any atom is 0.330 e. The molecule has 0 saturated carbocycles. The summed E-state index contributed by atoms with van der Waals surface area (Å²) < 4.78 is 75.6. The first kappa shape index (κ1) is 44.8. The number of aromatic amines is 1. The Balaban J connectivity index is 1.40. The highest BCUT2D eigenvalue weighted by molar-refractivity contribution is 7.59. The fourth-order valence-corrected chi connectivity index (χ4v) is 8.11. The van der Waals surface area contributed by atoms with E-state index in [9.17, 15) is 83.6 Å². The minimum Gasteiger partial charge on any atom is -0.756 e. The summed E-state index contributed by atoms with van der Waals surface area (Å²) in [7, 11) is -18.0. The highest BCUT2D eigenvalue weighted by Crippen LogP contribution is 2.57. The molecule has 54 heavy (non-hydrogen) atoms. The molecule has 3 saturated heterocycles. The van der Waals surface area contributed by atoms with E-state index in [2.05, 4.69) is 22.4 Å². The van der Waals surface area contributed by atoms with Crippen LogP contribution in [0, 0.1) is 0 Å². The molecule has 0 spiro atoms. The van der Waals surface area contributed by atoms with Crippen molar-refractivity contribution in [3.8, 4) is 0 Å². The second-order valence-electron chi connectivity index (χ2n) is 11.7. The van der Waals surface area contributed by atoms with Gasteiger partial charge in [-0.05, 0) is 0 Å². The van der Waals surface area contributed by atoms with Gasteiger partial charge in [-0.3, -0.25) is 41.9 Å². The first-order chi connectivity index (χ1) is 25.0. The molecule has 3 aliphatic heterocycles. The van der Waals surface area contributed by atoms with Gasteiger partial charge in [0.1, 0.15) is 67.1 Å². The monoisotopic (exact) mass is 846 g/mol. The van der Waals surface area contributed by atoms with Crippen LogP contribution in [0.25, 0.3) is 0 Å². The number of nitrogens with zero attached hydrogens (tertiary/aromatic N) is 1. The van der Waals surface area contributed by atoms with Crippen LogP contribution in [0.15, 0.2) is 21.9 Å². The van der Waals surface area contributed by atoms with Crippen LogP contribution in [0.4, 0.5) is 0 Å². The van der Waals surface area contributed by atoms with E-state index in [0.717, 1.165) is 19.2 Å². The number of aromatic nitrogens is 2. The number of phosphoric acid groups is 3. The predicted octanol–water partition coefficient (Wildman–Crippen LogP) is -8.60. The van der Waals surface area contributed by atoms with E-state index < -0.39 is 146 Å². The molecule has 0 aromatic carbocycles. The summed E-state index contributed by atoms with van der Waals surface area (Å²) in [6.45, 7) is -2.69. The van der Waals surface area contributed by atoms with E-state index in [-0.39, 0.29) is 0 Å². The van der Waals surface area contributed by atoms with Crippen molar-refractivity contribution < 1.29 is 111 Å². The molecule has 1 aromatic heterocycles. The van der Waals surface area contributed by atoms with Gasteiger partial charge in [-0.15, -0.1) is 0 Å². The standard InChI is InChI=1S/C23H38N3O25P3/c1-7(28)24-12-16(33)14(31)10(6-44-52(38,39)50-22-19(36)17(34)13(30)8(4-27)47-22)48-21(12)49-54(42,43)51-53(40,41)45-5-9-15(32)18(35)20(46-9)26-3-2-11(29)25-23(26)37/h2-3,8-10,12-22,27,30-36H,4-6H2,1H3,(H,24,28)(H,38,39)(H,40,41)(H,42,43)(H,25,29,37)/p-3/t8-,9-,10-,12-,13+,14-,15-,16-,17+,18-,19-,20-,21-,22-/m1/s1. The van der Waals surface area contributed by atoms with E-state index in [0.29, 0.717) is 4.57 Å². The van der Waals surface area contributed by atoms with Gasteiger partial charge in [0.2, 0.25) is 5.91 Å². The molecule has 3 unspecified atom stereocenters. The summed E-state index contributed by atoms with van der Waals surface area (Å²) in [5.41, 5.74) is -1.90.